The zero-order chi connectivity index (χ0) is 16.2. The van der Waals surface area contributed by atoms with Gasteiger partial charge in [-0.1, -0.05) is 30.3 Å². The Kier molecular flexibility index (Phi) is 4.19. The van der Waals surface area contributed by atoms with Crippen LogP contribution in [0.2, 0.25) is 0 Å². The molecule has 1 N–H and O–H groups in total. The van der Waals surface area contributed by atoms with Crippen LogP contribution in [0.5, 0.6) is 0 Å². The topological polar surface area (TPSA) is 42.2 Å². The highest BCUT2D eigenvalue weighted by Gasteiger charge is 2.20. The van der Waals surface area contributed by atoms with Crippen molar-refractivity contribution in [3.63, 3.8) is 0 Å². The van der Waals surface area contributed by atoms with E-state index in [9.17, 15) is 13.6 Å². The van der Waals surface area contributed by atoms with Crippen LogP contribution in [0.1, 0.15) is 27.7 Å². The zero-order valence-electron chi connectivity index (χ0n) is 12.0. The molecule has 1 atom stereocenters. The summed E-state index contributed by atoms with van der Waals surface area (Å²) in [5.41, 5.74) is 0.711. The number of halogens is 2. The summed E-state index contributed by atoms with van der Waals surface area (Å²) < 4.78 is 31.9. The lowest BCUT2D eigenvalue weighted by Gasteiger charge is -2.17. The van der Waals surface area contributed by atoms with Gasteiger partial charge in [0.2, 0.25) is 0 Å². The first-order valence-corrected chi connectivity index (χ1v) is 6.99. The molecule has 1 heterocycles. The van der Waals surface area contributed by atoms with Gasteiger partial charge >= 0.3 is 0 Å². The fourth-order valence-corrected chi connectivity index (χ4v) is 2.32. The summed E-state index contributed by atoms with van der Waals surface area (Å²) >= 11 is 0. The van der Waals surface area contributed by atoms with E-state index in [2.05, 4.69) is 5.32 Å². The maximum absolute atomic E-state index is 13.3. The molecule has 0 saturated heterocycles. The van der Waals surface area contributed by atoms with E-state index in [0.717, 1.165) is 23.8 Å². The van der Waals surface area contributed by atoms with Gasteiger partial charge in [-0.15, -0.1) is 0 Å². The van der Waals surface area contributed by atoms with Crippen molar-refractivity contribution in [3.05, 3.63) is 95.4 Å². The number of rotatable bonds is 4. The number of hydrogen-bond acceptors (Lipinski definition) is 2. The van der Waals surface area contributed by atoms with Crippen LogP contribution < -0.4 is 5.32 Å². The smallest absolute Gasteiger partial charge is 0.252 e. The molecular formula is C18H13F2NO2. The summed E-state index contributed by atoms with van der Waals surface area (Å²) in [6.45, 7) is 0. The molecule has 0 aliphatic rings. The van der Waals surface area contributed by atoms with Gasteiger partial charge in [0.15, 0.2) is 0 Å². The molecule has 1 aromatic heterocycles. The van der Waals surface area contributed by atoms with Crippen molar-refractivity contribution < 1.29 is 18.0 Å². The summed E-state index contributed by atoms with van der Waals surface area (Å²) in [7, 11) is 0. The molecule has 23 heavy (non-hydrogen) atoms. The summed E-state index contributed by atoms with van der Waals surface area (Å²) in [4.78, 5) is 12.3. The first-order chi connectivity index (χ1) is 11.1. The van der Waals surface area contributed by atoms with E-state index >= 15 is 0 Å². The second-order valence-corrected chi connectivity index (χ2v) is 4.99. The number of nitrogens with one attached hydrogen (secondary N) is 1. The van der Waals surface area contributed by atoms with Crippen molar-refractivity contribution >= 4 is 5.91 Å². The zero-order valence-corrected chi connectivity index (χ0v) is 12.0. The molecule has 0 saturated carbocycles. The van der Waals surface area contributed by atoms with Gasteiger partial charge in [-0.2, -0.15) is 0 Å². The Balaban J connectivity index is 1.91. The second-order valence-electron chi connectivity index (χ2n) is 4.99. The average molecular weight is 313 g/mol. The fourth-order valence-electron chi connectivity index (χ4n) is 2.32. The Bertz CT molecular complexity index is 781. The first-order valence-electron chi connectivity index (χ1n) is 6.99. The Morgan fingerprint density at radius 2 is 1.65 bits per heavy atom. The van der Waals surface area contributed by atoms with Gasteiger partial charge in [-0.3, -0.25) is 4.79 Å². The third-order valence-electron chi connectivity index (χ3n) is 3.36. The van der Waals surface area contributed by atoms with Crippen LogP contribution in [0.3, 0.4) is 0 Å². The number of amides is 1. The van der Waals surface area contributed by atoms with Gasteiger partial charge in [-0.05, 0) is 29.8 Å². The number of hydrogen-bond donors (Lipinski definition) is 1. The minimum atomic E-state index is -0.801. The van der Waals surface area contributed by atoms with Crippen LogP contribution in [0, 0.1) is 11.6 Å². The summed E-state index contributed by atoms with van der Waals surface area (Å²) in [6, 6.07) is 14.8. The molecule has 3 rings (SSSR count). The summed E-state index contributed by atoms with van der Waals surface area (Å²) in [6.07, 6.45) is 1.50. The second kappa shape index (κ2) is 6.44. The van der Waals surface area contributed by atoms with Gasteiger partial charge in [0.1, 0.15) is 23.4 Å². The van der Waals surface area contributed by atoms with Gasteiger partial charge in [0.05, 0.1) is 6.26 Å². The maximum atomic E-state index is 13.3. The van der Waals surface area contributed by atoms with Crippen molar-refractivity contribution in [2.45, 2.75) is 6.04 Å². The van der Waals surface area contributed by atoms with E-state index in [-0.39, 0.29) is 5.56 Å². The third-order valence-corrected chi connectivity index (χ3v) is 3.36. The largest absolute Gasteiger partial charge is 0.467 e. The van der Waals surface area contributed by atoms with Crippen LogP contribution in [-0.2, 0) is 0 Å². The highest BCUT2D eigenvalue weighted by molar-refractivity contribution is 5.94. The van der Waals surface area contributed by atoms with Crippen LogP contribution in [-0.4, -0.2) is 5.91 Å². The SMILES string of the molecule is O=C(NC(c1ccccc1)c1ccco1)c1cc(F)cc(F)c1. The van der Waals surface area contributed by atoms with Crippen molar-refractivity contribution in [1.29, 1.82) is 0 Å². The van der Waals surface area contributed by atoms with Crippen molar-refractivity contribution in [2.24, 2.45) is 0 Å². The highest BCUT2D eigenvalue weighted by atomic mass is 19.1. The number of benzene rings is 2. The lowest BCUT2D eigenvalue weighted by molar-refractivity contribution is 0.0938. The molecule has 1 unspecified atom stereocenters. The average Bonchev–Trinajstić information content (AvgIpc) is 3.06. The van der Waals surface area contributed by atoms with Gasteiger partial charge in [-0.25, -0.2) is 8.78 Å². The number of carbonyl (C=O) groups excluding carboxylic acids is 1. The Morgan fingerprint density at radius 3 is 2.26 bits per heavy atom. The minimum Gasteiger partial charge on any atom is -0.467 e. The van der Waals surface area contributed by atoms with Crippen molar-refractivity contribution in [1.82, 2.24) is 5.32 Å². The summed E-state index contributed by atoms with van der Waals surface area (Å²) in [5.74, 6) is -1.66. The van der Waals surface area contributed by atoms with Crippen LogP contribution >= 0.6 is 0 Å². The molecular weight excluding hydrogens is 300 g/mol. The predicted molar refractivity (Wildman–Crippen MR) is 80.8 cm³/mol. The van der Waals surface area contributed by atoms with Crippen LogP contribution in [0.15, 0.2) is 71.3 Å². The van der Waals surface area contributed by atoms with E-state index in [0.29, 0.717) is 5.76 Å². The lowest BCUT2D eigenvalue weighted by atomic mass is 10.0. The molecule has 2 aromatic carbocycles. The van der Waals surface area contributed by atoms with E-state index in [1.807, 2.05) is 30.3 Å². The molecule has 0 spiro atoms. The van der Waals surface area contributed by atoms with Crippen LogP contribution in [0.25, 0.3) is 0 Å². The standard InChI is InChI=1S/C18H13F2NO2/c19-14-9-13(10-15(20)11-14)18(22)21-17(16-7-4-8-23-16)12-5-2-1-3-6-12/h1-11,17H,(H,21,22). The van der Waals surface area contributed by atoms with Gasteiger partial charge in [0, 0.05) is 11.6 Å². The van der Waals surface area contributed by atoms with Crippen LogP contribution in [0.4, 0.5) is 8.78 Å². The van der Waals surface area contributed by atoms with Gasteiger partial charge < -0.3 is 9.73 Å². The monoisotopic (exact) mass is 313 g/mol. The fraction of sp³-hybridized carbons (Fsp3) is 0.0556. The molecule has 0 radical (unpaired) electrons. The third kappa shape index (κ3) is 3.45. The van der Waals surface area contributed by atoms with Gasteiger partial charge in [0.25, 0.3) is 5.91 Å². The normalized spacial score (nSPS) is 11.9. The molecule has 0 fully saturated rings. The van der Waals surface area contributed by atoms with Crippen molar-refractivity contribution in [3.8, 4) is 0 Å². The predicted octanol–water partition coefficient (Wildman–Crippen LogP) is 4.08. The molecule has 3 nitrogen and oxygen atoms in total. The van der Waals surface area contributed by atoms with E-state index in [4.69, 9.17) is 4.42 Å². The molecule has 5 heteroatoms. The quantitative estimate of drug-likeness (QED) is 0.788. The number of carbonyl (C=O) groups is 1. The molecule has 3 aromatic rings. The first kappa shape index (κ1) is 15.0. The lowest BCUT2D eigenvalue weighted by Crippen LogP contribution is -2.29. The molecule has 116 valence electrons. The Hall–Kier alpha value is -2.95. The molecule has 0 aliphatic heterocycles. The van der Waals surface area contributed by atoms with E-state index in [1.54, 1.807) is 12.1 Å². The maximum Gasteiger partial charge on any atom is 0.252 e. The van der Waals surface area contributed by atoms with E-state index < -0.39 is 23.6 Å². The Morgan fingerprint density at radius 1 is 0.957 bits per heavy atom. The highest BCUT2D eigenvalue weighted by Crippen LogP contribution is 2.23. The van der Waals surface area contributed by atoms with Crippen molar-refractivity contribution in [2.75, 3.05) is 0 Å². The molecule has 1 amide bonds. The summed E-state index contributed by atoms with van der Waals surface area (Å²) in [5, 5.41) is 2.74. The van der Waals surface area contributed by atoms with E-state index in [1.165, 1.54) is 6.26 Å². The molecule has 0 aliphatic carbocycles. The Labute approximate surface area is 131 Å². The minimum absolute atomic E-state index is 0.0880. The molecule has 0 bridgehead atoms. The number of furan rings is 1.